The summed E-state index contributed by atoms with van der Waals surface area (Å²) in [5.41, 5.74) is 1.05. The van der Waals surface area contributed by atoms with Crippen molar-refractivity contribution in [1.29, 1.82) is 0 Å². The van der Waals surface area contributed by atoms with Crippen LogP contribution >= 0.6 is 11.6 Å². The lowest BCUT2D eigenvalue weighted by molar-refractivity contribution is -0.138. The second kappa shape index (κ2) is 6.46. The largest absolute Gasteiger partial charge is 0.479 e. The molecule has 1 aliphatic rings. The molecule has 2 atom stereocenters. The third-order valence-electron chi connectivity index (χ3n) is 3.67. The predicted molar refractivity (Wildman–Crippen MR) is 80.3 cm³/mol. The summed E-state index contributed by atoms with van der Waals surface area (Å²) in [6, 6.07) is 5.80. The minimum absolute atomic E-state index is 0.0173. The fourth-order valence-electron chi connectivity index (χ4n) is 2.38. The number of nitrogens with one attached hydrogen (secondary N) is 1. The van der Waals surface area contributed by atoms with E-state index in [0.29, 0.717) is 10.8 Å². The summed E-state index contributed by atoms with van der Waals surface area (Å²) >= 11 is 6.09. The molecule has 1 amide bonds. The van der Waals surface area contributed by atoms with Crippen molar-refractivity contribution in [2.75, 3.05) is 20.1 Å². The number of amides is 1. The molecule has 0 bridgehead atoms. The van der Waals surface area contributed by atoms with Gasteiger partial charge < -0.3 is 15.0 Å². The Balaban J connectivity index is 2.01. The topological polar surface area (TPSA) is 41.6 Å². The minimum Gasteiger partial charge on any atom is -0.479 e. The number of hydrogen-bond acceptors (Lipinski definition) is 3. The second-order valence-corrected chi connectivity index (χ2v) is 5.70. The first-order valence-corrected chi connectivity index (χ1v) is 7.27. The van der Waals surface area contributed by atoms with Gasteiger partial charge in [-0.05, 0) is 44.5 Å². The SMILES string of the molecule is Cc1ccc(Cl)c(OC(C)C(=O)N(C)C2CCNC2)c1. The van der Waals surface area contributed by atoms with Crippen LogP contribution in [0, 0.1) is 6.92 Å². The molecule has 0 aliphatic carbocycles. The fraction of sp³-hybridized carbons (Fsp3) is 0.533. The highest BCUT2D eigenvalue weighted by Gasteiger charge is 2.27. The first kappa shape index (κ1) is 15.1. The molecular formula is C15H21ClN2O2. The van der Waals surface area contributed by atoms with E-state index in [1.807, 2.05) is 26.1 Å². The van der Waals surface area contributed by atoms with Gasteiger partial charge in [0.25, 0.3) is 5.91 Å². The standard InChI is InChI=1S/C15H21ClN2O2/c1-10-4-5-13(16)14(8-10)20-11(2)15(19)18(3)12-6-7-17-9-12/h4-5,8,11-12,17H,6-7,9H2,1-3H3. The van der Waals surface area contributed by atoms with Gasteiger partial charge in [0.15, 0.2) is 6.10 Å². The first-order valence-electron chi connectivity index (χ1n) is 6.89. The van der Waals surface area contributed by atoms with Crippen LogP contribution in [0.3, 0.4) is 0 Å². The van der Waals surface area contributed by atoms with Crippen LogP contribution in [-0.4, -0.2) is 43.1 Å². The van der Waals surface area contributed by atoms with E-state index in [4.69, 9.17) is 16.3 Å². The monoisotopic (exact) mass is 296 g/mol. The molecular weight excluding hydrogens is 276 g/mol. The molecule has 5 heteroatoms. The zero-order valence-corrected chi connectivity index (χ0v) is 12.9. The Bertz CT molecular complexity index is 487. The highest BCUT2D eigenvalue weighted by Crippen LogP contribution is 2.26. The van der Waals surface area contributed by atoms with E-state index < -0.39 is 6.10 Å². The van der Waals surface area contributed by atoms with Gasteiger partial charge in [-0.2, -0.15) is 0 Å². The van der Waals surface area contributed by atoms with E-state index in [2.05, 4.69) is 5.32 Å². The Morgan fingerprint density at radius 2 is 2.30 bits per heavy atom. The summed E-state index contributed by atoms with van der Waals surface area (Å²) in [5, 5.41) is 3.79. The van der Waals surface area contributed by atoms with Crippen LogP contribution in [0.25, 0.3) is 0 Å². The molecule has 1 aromatic rings. The highest BCUT2D eigenvalue weighted by molar-refractivity contribution is 6.32. The molecule has 0 saturated carbocycles. The van der Waals surface area contributed by atoms with Gasteiger partial charge >= 0.3 is 0 Å². The molecule has 0 spiro atoms. The number of carbonyl (C=O) groups excluding carboxylic acids is 1. The zero-order chi connectivity index (χ0) is 14.7. The maximum Gasteiger partial charge on any atom is 0.263 e. The molecule has 0 radical (unpaired) electrons. The molecule has 2 rings (SSSR count). The molecule has 1 heterocycles. The van der Waals surface area contributed by atoms with Crippen LogP contribution in [0.5, 0.6) is 5.75 Å². The van der Waals surface area contributed by atoms with Crippen LogP contribution < -0.4 is 10.1 Å². The molecule has 1 aliphatic heterocycles. The van der Waals surface area contributed by atoms with Crippen molar-refractivity contribution in [2.45, 2.75) is 32.4 Å². The van der Waals surface area contributed by atoms with Crippen LogP contribution in [0.1, 0.15) is 18.9 Å². The summed E-state index contributed by atoms with van der Waals surface area (Å²) in [6.07, 6.45) is 0.445. The lowest BCUT2D eigenvalue weighted by Crippen LogP contribution is -2.44. The van der Waals surface area contributed by atoms with E-state index in [9.17, 15) is 4.79 Å². The lowest BCUT2D eigenvalue weighted by atomic mass is 10.2. The van der Waals surface area contributed by atoms with E-state index in [1.54, 1.807) is 17.9 Å². The Hall–Kier alpha value is -1.26. The Morgan fingerprint density at radius 3 is 2.95 bits per heavy atom. The van der Waals surface area contributed by atoms with E-state index in [1.165, 1.54) is 0 Å². The molecule has 4 nitrogen and oxygen atoms in total. The quantitative estimate of drug-likeness (QED) is 0.926. The van der Waals surface area contributed by atoms with Crippen molar-refractivity contribution in [2.24, 2.45) is 0 Å². The summed E-state index contributed by atoms with van der Waals surface area (Å²) in [4.78, 5) is 14.1. The van der Waals surface area contributed by atoms with Crippen molar-refractivity contribution < 1.29 is 9.53 Å². The number of aryl methyl sites for hydroxylation is 1. The number of likely N-dealkylation sites (N-methyl/N-ethyl adjacent to an activating group) is 1. The van der Waals surface area contributed by atoms with Gasteiger partial charge in [-0.15, -0.1) is 0 Å². The van der Waals surface area contributed by atoms with Crippen molar-refractivity contribution in [3.63, 3.8) is 0 Å². The van der Waals surface area contributed by atoms with Gasteiger partial charge in [0.2, 0.25) is 0 Å². The summed E-state index contributed by atoms with van der Waals surface area (Å²) < 4.78 is 5.72. The van der Waals surface area contributed by atoms with Gasteiger partial charge in [-0.3, -0.25) is 4.79 Å². The molecule has 1 fully saturated rings. The van der Waals surface area contributed by atoms with Crippen molar-refractivity contribution >= 4 is 17.5 Å². The molecule has 1 aromatic carbocycles. The first-order chi connectivity index (χ1) is 9.49. The number of nitrogens with zero attached hydrogens (tertiary/aromatic N) is 1. The summed E-state index contributed by atoms with van der Waals surface area (Å²) in [5.74, 6) is 0.543. The molecule has 1 N–H and O–H groups in total. The molecule has 1 saturated heterocycles. The van der Waals surface area contributed by atoms with E-state index in [0.717, 1.165) is 25.1 Å². The number of halogens is 1. The van der Waals surface area contributed by atoms with Gasteiger partial charge in [0.05, 0.1) is 5.02 Å². The van der Waals surface area contributed by atoms with Gasteiger partial charge in [-0.1, -0.05) is 17.7 Å². The normalized spacial score (nSPS) is 19.7. The third kappa shape index (κ3) is 3.44. The van der Waals surface area contributed by atoms with Crippen LogP contribution in [-0.2, 0) is 4.79 Å². The Labute approximate surface area is 125 Å². The van der Waals surface area contributed by atoms with Gasteiger partial charge in [0.1, 0.15) is 5.75 Å². The van der Waals surface area contributed by atoms with Crippen LogP contribution in [0.15, 0.2) is 18.2 Å². The maximum atomic E-state index is 12.4. The molecule has 20 heavy (non-hydrogen) atoms. The van der Waals surface area contributed by atoms with Crippen molar-refractivity contribution in [1.82, 2.24) is 10.2 Å². The van der Waals surface area contributed by atoms with Crippen molar-refractivity contribution in [3.8, 4) is 5.75 Å². The lowest BCUT2D eigenvalue weighted by Gasteiger charge is -2.27. The van der Waals surface area contributed by atoms with E-state index in [-0.39, 0.29) is 11.9 Å². The molecule has 0 aromatic heterocycles. The average molecular weight is 297 g/mol. The van der Waals surface area contributed by atoms with Crippen LogP contribution in [0.2, 0.25) is 5.02 Å². The summed E-state index contributed by atoms with van der Waals surface area (Å²) in [6.45, 7) is 5.53. The zero-order valence-electron chi connectivity index (χ0n) is 12.1. The average Bonchev–Trinajstić information content (AvgIpc) is 2.95. The number of benzene rings is 1. The second-order valence-electron chi connectivity index (χ2n) is 5.29. The van der Waals surface area contributed by atoms with E-state index >= 15 is 0 Å². The number of ether oxygens (including phenoxy) is 1. The van der Waals surface area contributed by atoms with Crippen LogP contribution in [0.4, 0.5) is 0 Å². The maximum absolute atomic E-state index is 12.4. The van der Waals surface area contributed by atoms with Gasteiger partial charge in [0, 0.05) is 19.6 Å². The highest BCUT2D eigenvalue weighted by atomic mass is 35.5. The Morgan fingerprint density at radius 1 is 1.55 bits per heavy atom. The fourth-order valence-corrected chi connectivity index (χ4v) is 2.54. The Kier molecular flexibility index (Phi) is 4.89. The predicted octanol–water partition coefficient (Wildman–Crippen LogP) is 2.24. The number of rotatable bonds is 4. The number of carbonyl (C=O) groups is 1. The summed E-state index contributed by atoms with van der Waals surface area (Å²) in [7, 11) is 1.83. The molecule has 2 unspecified atom stereocenters. The van der Waals surface area contributed by atoms with Gasteiger partial charge in [-0.25, -0.2) is 0 Å². The number of hydrogen-bond donors (Lipinski definition) is 1. The smallest absolute Gasteiger partial charge is 0.263 e. The minimum atomic E-state index is -0.542. The molecule has 110 valence electrons. The van der Waals surface area contributed by atoms with Crippen molar-refractivity contribution in [3.05, 3.63) is 28.8 Å². The third-order valence-corrected chi connectivity index (χ3v) is 3.98.